The number of aryl methyl sites for hydroxylation is 1. The van der Waals surface area contributed by atoms with Gasteiger partial charge in [0.25, 0.3) is 5.91 Å². The molecule has 1 amide bonds. The Hall–Kier alpha value is -1.49. The standard InChI is InChI=1S/C15H20F2N2O/c1-10-6-11(13(17)7-12(10)16)14(20)19-9-15(8-18)4-2-3-5-15/h6-7H,2-5,8-9,18H2,1H3,(H,19,20). The summed E-state index contributed by atoms with van der Waals surface area (Å²) >= 11 is 0. The van der Waals surface area contributed by atoms with Gasteiger partial charge in [-0.15, -0.1) is 0 Å². The summed E-state index contributed by atoms with van der Waals surface area (Å²) in [5.41, 5.74) is 5.86. The van der Waals surface area contributed by atoms with E-state index in [-0.39, 0.29) is 16.5 Å². The van der Waals surface area contributed by atoms with Crippen LogP contribution in [-0.2, 0) is 0 Å². The van der Waals surface area contributed by atoms with E-state index in [0.29, 0.717) is 13.1 Å². The maximum atomic E-state index is 13.6. The maximum Gasteiger partial charge on any atom is 0.254 e. The van der Waals surface area contributed by atoms with Gasteiger partial charge in [-0.2, -0.15) is 0 Å². The molecule has 20 heavy (non-hydrogen) atoms. The van der Waals surface area contributed by atoms with E-state index in [1.54, 1.807) is 0 Å². The second kappa shape index (κ2) is 5.87. The molecule has 3 nitrogen and oxygen atoms in total. The van der Waals surface area contributed by atoms with E-state index < -0.39 is 17.5 Å². The SMILES string of the molecule is Cc1cc(C(=O)NCC2(CN)CCCC2)c(F)cc1F. The lowest BCUT2D eigenvalue weighted by Gasteiger charge is -2.27. The van der Waals surface area contributed by atoms with Crippen molar-refractivity contribution < 1.29 is 13.6 Å². The number of nitrogens with one attached hydrogen (secondary N) is 1. The van der Waals surface area contributed by atoms with Gasteiger partial charge in [-0.25, -0.2) is 8.78 Å². The Balaban J connectivity index is 2.07. The maximum absolute atomic E-state index is 13.6. The second-order valence-electron chi connectivity index (χ2n) is 5.68. The fraction of sp³-hybridized carbons (Fsp3) is 0.533. The molecule has 1 aliphatic carbocycles. The average molecular weight is 282 g/mol. The summed E-state index contributed by atoms with van der Waals surface area (Å²) < 4.78 is 26.8. The molecule has 1 fully saturated rings. The molecule has 0 aromatic heterocycles. The highest BCUT2D eigenvalue weighted by Gasteiger charge is 2.33. The van der Waals surface area contributed by atoms with Gasteiger partial charge in [0.15, 0.2) is 0 Å². The first-order chi connectivity index (χ1) is 9.47. The van der Waals surface area contributed by atoms with Crippen LogP contribution in [0, 0.1) is 24.0 Å². The first-order valence-electron chi connectivity index (χ1n) is 6.91. The molecule has 1 aliphatic rings. The number of hydrogen-bond acceptors (Lipinski definition) is 2. The lowest BCUT2D eigenvalue weighted by molar-refractivity contribution is 0.0928. The number of nitrogens with two attached hydrogens (primary N) is 1. The van der Waals surface area contributed by atoms with Gasteiger partial charge in [0.2, 0.25) is 0 Å². The lowest BCUT2D eigenvalue weighted by atomic mass is 9.86. The molecule has 0 saturated heterocycles. The molecule has 0 spiro atoms. The first kappa shape index (κ1) is 14.9. The molecule has 1 aromatic rings. The van der Waals surface area contributed by atoms with Crippen LogP contribution in [0.4, 0.5) is 8.78 Å². The highest BCUT2D eigenvalue weighted by molar-refractivity contribution is 5.94. The second-order valence-corrected chi connectivity index (χ2v) is 5.68. The van der Waals surface area contributed by atoms with Crippen LogP contribution in [0.5, 0.6) is 0 Å². The fourth-order valence-electron chi connectivity index (χ4n) is 2.77. The first-order valence-corrected chi connectivity index (χ1v) is 6.91. The molecule has 0 bridgehead atoms. The molecule has 3 N–H and O–H groups in total. The van der Waals surface area contributed by atoms with Gasteiger partial charge in [0, 0.05) is 12.6 Å². The number of amides is 1. The van der Waals surface area contributed by atoms with E-state index in [0.717, 1.165) is 31.7 Å². The Labute approximate surface area is 117 Å². The van der Waals surface area contributed by atoms with Crippen LogP contribution in [0.1, 0.15) is 41.6 Å². The molecule has 0 radical (unpaired) electrons. The third-order valence-electron chi connectivity index (χ3n) is 4.21. The zero-order chi connectivity index (χ0) is 14.8. The van der Waals surface area contributed by atoms with Gasteiger partial charge in [0.05, 0.1) is 5.56 Å². The summed E-state index contributed by atoms with van der Waals surface area (Å²) in [5.74, 6) is -1.99. The molecule has 1 saturated carbocycles. The summed E-state index contributed by atoms with van der Waals surface area (Å²) in [6, 6.07) is 1.99. The molecule has 2 rings (SSSR count). The van der Waals surface area contributed by atoms with Crippen molar-refractivity contribution in [3.8, 4) is 0 Å². The minimum Gasteiger partial charge on any atom is -0.351 e. The van der Waals surface area contributed by atoms with Crippen LogP contribution in [0.3, 0.4) is 0 Å². The van der Waals surface area contributed by atoms with Crippen LogP contribution >= 0.6 is 0 Å². The summed E-state index contributed by atoms with van der Waals surface area (Å²) in [6.07, 6.45) is 4.18. The predicted octanol–water partition coefficient (Wildman–Crippen LogP) is 2.52. The van der Waals surface area contributed by atoms with E-state index in [4.69, 9.17) is 5.73 Å². The highest BCUT2D eigenvalue weighted by Crippen LogP contribution is 2.36. The van der Waals surface area contributed by atoms with Crippen LogP contribution < -0.4 is 11.1 Å². The van der Waals surface area contributed by atoms with E-state index >= 15 is 0 Å². The van der Waals surface area contributed by atoms with E-state index in [1.165, 1.54) is 13.0 Å². The Morgan fingerprint density at radius 2 is 1.95 bits per heavy atom. The Morgan fingerprint density at radius 1 is 1.30 bits per heavy atom. The van der Waals surface area contributed by atoms with Crippen molar-refractivity contribution in [1.82, 2.24) is 5.32 Å². The van der Waals surface area contributed by atoms with Crippen molar-refractivity contribution in [2.75, 3.05) is 13.1 Å². The van der Waals surface area contributed by atoms with Crippen LogP contribution in [0.2, 0.25) is 0 Å². The Morgan fingerprint density at radius 3 is 2.55 bits per heavy atom. The predicted molar refractivity (Wildman–Crippen MR) is 73.4 cm³/mol. The number of halogens is 2. The number of carbonyl (C=O) groups is 1. The van der Waals surface area contributed by atoms with Crippen LogP contribution in [0.15, 0.2) is 12.1 Å². The molecule has 0 heterocycles. The number of hydrogen-bond donors (Lipinski definition) is 2. The molecule has 0 unspecified atom stereocenters. The molecule has 110 valence electrons. The molecular weight excluding hydrogens is 262 g/mol. The number of carbonyl (C=O) groups excluding carboxylic acids is 1. The minimum absolute atomic E-state index is 0.0682. The van der Waals surface area contributed by atoms with E-state index in [1.807, 2.05) is 0 Å². The van der Waals surface area contributed by atoms with Crippen LogP contribution in [0.25, 0.3) is 0 Å². The Bertz CT molecular complexity index is 511. The van der Waals surface area contributed by atoms with E-state index in [9.17, 15) is 13.6 Å². The van der Waals surface area contributed by atoms with Crippen molar-refractivity contribution in [2.45, 2.75) is 32.6 Å². The minimum atomic E-state index is -0.834. The fourth-order valence-corrected chi connectivity index (χ4v) is 2.77. The van der Waals surface area contributed by atoms with Gasteiger partial charge in [0.1, 0.15) is 11.6 Å². The monoisotopic (exact) mass is 282 g/mol. The third-order valence-corrected chi connectivity index (χ3v) is 4.21. The summed E-state index contributed by atoms with van der Waals surface area (Å²) in [6.45, 7) is 2.46. The van der Waals surface area contributed by atoms with Gasteiger partial charge in [-0.05, 0) is 43.4 Å². The molecular formula is C15H20F2N2O. The van der Waals surface area contributed by atoms with Crippen molar-refractivity contribution in [2.24, 2.45) is 11.1 Å². The quantitative estimate of drug-likeness (QED) is 0.891. The number of rotatable bonds is 4. The van der Waals surface area contributed by atoms with Crippen molar-refractivity contribution in [3.05, 3.63) is 34.9 Å². The smallest absolute Gasteiger partial charge is 0.254 e. The largest absolute Gasteiger partial charge is 0.351 e. The third kappa shape index (κ3) is 2.98. The van der Waals surface area contributed by atoms with Crippen molar-refractivity contribution in [3.63, 3.8) is 0 Å². The summed E-state index contributed by atoms with van der Waals surface area (Å²) in [7, 11) is 0. The Kier molecular flexibility index (Phi) is 4.38. The molecule has 1 aromatic carbocycles. The van der Waals surface area contributed by atoms with Gasteiger partial charge >= 0.3 is 0 Å². The topological polar surface area (TPSA) is 55.1 Å². The van der Waals surface area contributed by atoms with Gasteiger partial charge < -0.3 is 11.1 Å². The summed E-state index contributed by atoms with van der Waals surface area (Å²) in [5, 5.41) is 2.74. The average Bonchev–Trinajstić information content (AvgIpc) is 2.90. The highest BCUT2D eigenvalue weighted by atomic mass is 19.1. The van der Waals surface area contributed by atoms with Gasteiger partial charge in [-0.3, -0.25) is 4.79 Å². The molecule has 5 heteroatoms. The van der Waals surface area contributed by atoms with Gasteiger partial charge in [-0.1, -0.05) is 12.8 Å². The van der Waals surface area contributed by atoms with E-state index in [2.05, 4.69) is 5.32 Å². The molecule has 0 atom stereocenters. The lowest BCUT2D eigenvalue weighted by Crippen LogP contribution is -2.41. The zero-order valence-electron chi connectivity index (χ0n) is 11.6. The molecule has 0 aliphatic heterocycles. The van der Waals surface area contributed by atoms with Crippen LogP contribution in [-0.4, -0.2) is 19.0 Å². The van der Waals surface area contributed by atoms with Crippen molar-refractivity contribution >= 4 is 5.91 Å². The van der Waals surface area contributed by atoms with Crippen molar-refractivity contribution in [1.29, 1.82) is 0 Å². The normalized spacial score (nSPS) is 17.2. The summed E-state index contributed by atoms with van der Waals surface area (Å²) in [4.78, 5) is 12.0. The zero-order valence-corrected chi connectivity index (χ0v) is 11.6. The number of benzene rings is 1.